The Morgan fingerprint density at radius 2 is 2.14 bits per heavy atom. The van der Waals surface area contributed by atoms with Crippen LogP contribution < -0.4 is 5.73 Å². The molecule has 2 N–H and O–H groups in total. The number of furan rings is 1. The van der Waals surface area contributed by atoms with Crippen LogP contribution in [0.1, 0.15) is 32.0 Å². The van der Waals surface area contributed by atoms with Crippen LogP contribution in [0.15, 0.2) is 47.2 Å². The predicted octanol–water partition coefficient (Wildman–Crippen LogP) is 3.60. The van der Waals surface area contributed by atoms with Gasteiger partial charge in [0.15, 0.2) is 28.6 Å². The Hall–Kier alpha value is -3.53. The van der Waals surface area contributed by atoms with Gasteiger partial charge in [-0.2, -0.15) is 0 Å². The topological polar surface area (TPSA) is 86.0 Å². The van der Waals surface area contributed by atoms with Crippen molar-refractivity contribution in [2.24, 2.45) is 0 Å². The second kappa shape index (κ2) is 8.65. The number of anilines is 1. The second-order valence-electron chi connectivity index (χ2n) is 6.84. The van der Waals surface area contributed by atoms with Gasteiger partial charge in [-0.3, -0.25) is 0 Å². The first kappa shape index (κ1) is 18.8. The van der Waals surface area contributed by atoms with Gasteiger partial charge < -0.3 is 19.6 Å². The summed E-state index contributed by atoms with van der Waals surface area (Å²) in [7, 11) is 0. The van der Waals surface area contributed by atoms with Gasteiger partial charge in [0.05, 0.1) is 6.26 Å². The van der Waals surface area contributed by atoms with Gasteiger partial charge >= 0.3 is 0 Å². The van der Waals surface area contributed by atoms with Crippen molar-refractivity contribution in [3.8, 4) is 23.4 Å². The van der Waals surface area contributed by atoms with Gasteiger partial charge in [0.25, 0.3) is 0 Å². The smallest absolute Gasteiger partial charge is 0.208 e. The van der Waals surface area contributed by atoms with E-state index in [2.05, 4.69) is 57.0 Å². The lowest BCUT2D eigenvalue weighted by molar-refractivity contribution is 0.389. The summed E-state index contributed by atoms with van der Waals surface area (Å²) in [5, 5.41) is 0. The molecule has 4 heterocycles. The van der Waals surface area contributed by atoms with Crippen LogP contribution in [0, 0.1) is 11.8 Å². The fourth-order valence-electron chi connectivity index (χ4n) is 3.19. The molecule has 3 aromatic rings. The highest BCUT2D eigenvalue weighted by molar-refractivity contribution is 5.85. The molecule has 3 aromatic heterocycles. The summed E-state index contributed by atoms with van der Waals surface area (Å²) in [6.07, 6.45) is 12.9. The molecule has 1 aliphatic rings. The molecule has 1 aliphatic heterocycles. The summed E-state index contributed by atoms with van der Waals surface area (Å²) in [4.78, 5) is 15.9. The van der Waals surface area contributed by atoms with Gasteiger partial charge in [0.2, 0.25) is 5.82 Å². The number of rotatable bonds is 6. The minimum absolute atomic E-state index is 0.335. The van der Waals surface area contributed by atoms with Crippen LogP contribution in [-0.4, -0.2) is 37.5 Å². The van der Waals surface area contributed by atoms with Gasteiger partial charge in [-0.1, -0.05) is 31.4 Å². The molecule has 0 saturated heterocycles. The van der Waals surface area contributed by atoms with Crippen molar-refractivity contribution < 1.29 is 4.42 Å². The van der Waals surface area contributed by atoms with Gasteiger partial charge in [-0.25, -0.2) is 15.0 Å². The third kappa shape index (κ3) is 4.16. The Labute approximate surface area is 170 Å². The van der Waals surface area contributed by atoms with Crippen molar-refractivity contribution in [2.45, 2.75) is 32.7 Å². The fraction of sp³-hybridized carbons (Fsp3) is 0.318. The molecule has 0 saturated carbocycles. The first-order chi connectivity index (χ1) is 14.3. The quantitative estimate of drug-likeness (QED) is 0.513. The Kier molecular flexibility index (Phi) is 5.61. The number of nitrogens with zero attached hydrogens (tertiary/aromatic N) is 5. The van der Waals surface area contributed by atoms with Gasteiger partial charge in [0, 0.05) is 26.1 Å². The number of imidazole rings is 1. The molecule has 0 aromatic carbocycles. The Morgan fingerprint density at radius 3 is 2.90 bits per heavy atom. The van der Waals surface area contributed by atoms with E-state index in [9.17, 15) is 0 Å². The zero-order chi connectivity index (χ0) is 20.1. The summed E-state index contributed by atoms with van der Waals surface area (Å²) >= 11 is 0. The number of unbranched alkanes of at least 4 members (excludes halogenated alkanes) is 2. The fourth-order valence-corrected chi connectivity index (χ4v) is 3.19. The number of nitrogen functional groups attached to an aromatic ring is 1. The van der Waals surface area contributed by atoms with Crippen molar-refractivity contribution in [3.05, 3.63) is 48.6 Å². The number of allylic oxidation sites excluding steroid dienone is 2. The molecule has 0 aliphatic carbocycles. The lowest BCUT2D eigenvalue weighted by atomic mass is 10.2. The lowest BCUT2D eigenvalue weighted by Gasteiger charge is -2.21. The van der Waals surface area contributed by atoms with Crippen molar-refractivity contribution in [2.75, 3.05) is 18.8 Å². The first-order valence-electron chi connectivity index (χ1n) is 9.90. The molecule has 148 valence electrons. The van der Waals surface area contributed by atoms with Crippen LogP contribution in [0.25, 0.3) is 22.7 Å². The van der Waals surface area contributed by atoms with E-state index in [0.29, 0.717) is 40.9 Å². The average Bonchev–Trinajstić information content (AvgIpc) is 3.39. The van der Waals surface area contributed by atoms with E-state index in [1.54, 1.807) is 6.26 Å². The molecule has 0 fully saturated rings. The summed E-state index contributed by atoms with van der Waals surface area (Å²) in [6, 6.07) is 3.73. The van der Waals surface area contributed by atoms with E-state index < -0.39 is 0 Å². The molecule has 0 atom stereocenters. The number of hydrogen-bond acceptors (Lipinski definition) is 6. The molecule has 4 rings (SSSR count). The van der Waals surface area contributed by atoms with Crippen LogP contribution in [0.4, 0.5) is 5.82 Å². The molecular formula is C22H24N6O. The minimum Gasteiger partial charge on any atom is -0.461 e. The van der Waals surface area contributed by atoms with Gasteiger partial charge in [-0.15, -0.1) is 0 Å². The normalized spacial score (nSPS) is 13.1. The van der Waals surface area contributed by atoms with Gasteiger partial charge in [0.1, 0.15) is 0 Å². The summed E-state index contributed by atoms with van der Waals surface area (Å²) < 4.78 is 7.64. The standard InChI is InChI=1S/C22H24N6O/c1-2-3-4-6-11-18-24-20(23)19-22(25-18)28(15-14-27-12-7-5-8-13-27)21(26-19)17-10-9-16-29-17/h5,7-10,12,16H,2-4,13-15H2,1H3,(H2,23,24,25). The van der Waals surface area contributed by atoms with E-state index in [0.717, 1.165) is 32.4 Å². The van der Waals surface area contributed by atoms with E-state index >= 15 is 0 Å². The maximum atomic E-state index is 6.21. The van der Waals surface area contributed by atoms with E-state index in [1.165, 1.54) is 0 Å². The van der Waals surface area contributed by atoms with Gasteiger partial charge in [-0.05, 0) is 36.7 Å². The molecule has 0 unspecified atom stereocenters. The number of nitrogens with two attached hydrogens (primary N) is 1. The molecular weight excluding hydrogens is 364 g/mol. The van der Waals surface area contributed by atoms with Crippen molar-refractivity contribution in [3.63, 3.8) is 0 Å². The third-order valence-electron chi connectivity index (χ3n) is 4.71. The average molecular weight is 388 g/mol. The SMILES string of the molecule is CCCCC#Cc1nc(N)c2nc(-c3ccco3)n(CCN3C=CC=CC3)c2n1. The summed E-state index contributed by atoms with van der Waals surface area (Å²) in [5.74, 6) is 8.30. The van der Waals surface area contributed by atoms with E-state index in [4.69, 9.17) is 10.2 Å². The Morgan fingerprint density at radius 1 is 1.21 bits per heavy atom. The van der Waals surface area contributed by atoms with Crippen molar-refractivity contribution >= 4 is 17.0 Å². The number of aromatic nitrogens is 4. The number of hydrogen-bond donors (Lipinski definition) is 1. The minimum atomic E-state index is 0.335. The Bertz CT molecular complexity index is 1100. The van der Waals surface area contributed by atoms with Crippen LogP contribution >= 0.6 is 0 Å². The highest BCUT2D eigenvalue weighted by Crippen LogP contribution is 2.26. The molecule has 0 bridgehead atoms. The Balaban J connectivity index is 1.72. The molecule has 7 nitrogen and oxygen atoms in total. The molecule has 0 spiro atoms. The van der Waals surface area contributed by atoms with Crippen LogP contribution in [0.2, 0.25) is 0 Å². The van der Waals surface area contributed by atoms with E-state index in [1.807, 2.05) is 22.8 Å². The lowest BCUT2D eigenvalue weighted by Crippen LogP contribution is -2.24. The second-order valence-corrected chi connectivity index (χ2v) is 6.84. The zero-order valence-corrected chi connectivity index (χ0v) is 16.5. The maximum Gasteiger partial charge on any atom is 0.208 e. The molecule has 7 heteroatoms. The summed E-state index contributed by atoms with van der Waals surface area (Å²) in [5.41, 5.74) is 7.46. The largest absolute Gasteiger partial charge is 0.461 e. The van der Waals surface area contributed by atoms with Crippen LogP contribution in [0.5, 0.6) is 0 Å². The number of fused-ring (bicyclic) bond motifs is 1. The van der Waals surface area contributed by atoms with Crippen LogP contribution in [0.3, 0.4) is 0 Å². The van der Waals surface area contributed by atoms with Crippen molar-refractivity contribution in [1.82, 2.24) is 24.4 Å². The predicted molar refractivity (Wildman–Crippen MR) is 114 cm³/mol. The first-order valence-corrected chi connectivity index (χ1v) is 9.90. The van der Waals surface area contributed by atoms with Crippen LogP contribution in [-0.2, 0) is 6.54 Å². The third-order valence-corrected chi connectivity index (χ3v) is 4.71. The molecule has 29 heavy (non-hydrogen) atoms. The molecule has 0 amide bonds. The highest BCUT2D eigenvalue weighted by Gasteiger charge is 2.19. The zero-order valence-electron chi connectivity index (χ0n) is 16.5. The maximum absolute atomic E-state index is 6.21. The monoisotopic (exact) mass is 388 g/mol. The van der Waals surface area contributed by atoms with Crippen molar-refractivity contribution in [1.29, 1.82) is 0 Å². The highest BCUT2D eigenvalue weighted by atomic mass is 16.3. The van der Waals surface area contributed by atoms with E-state index in [-0.39, 0.29) is 0 Å². The molecule has 0 radical (unpaired) electrons. The summed E-state index contributed by atoms with van der Waals surface area (Å²) in [6.45, 7) is 4.51.